The molecule has 0 amide bonds. The fraction of sp³-hybridized carbons (Fsp3) is 0.500. The molecule has 2 bridgehead atoms. The number of nitrogens with zero attached hydrogens (tertiary/aromatic N) is 1. The van der Waals surface area contributed by atoms with Crippen molar-refractivity contribution in [1.82, 2.24) is 0 Å². The number of carbonyl (C=O) groups is 1. The molecule has 0 aromatic heterocycles. The molecule has 1 aromatic carbocycles. The standard InChI is InChI=1S/C14H17NO3S/c1-19-12-4-2-3-11(13(12)14(16)17)15-7-9-5-6-10(8-15)18-9/h2-4,9-10H,5-8H2,1H3,(H,16,17). The first-order valence-electron chi connectivity index (χ1n) is 6.49. The molecule has 0 spiro atoms. The van der Waals surface area contributed by atoms with E-state index in [1.54, 1.807) is 0 Å². The molecule has 0 radical (unpaired) electrons. The van der Waals surface area contributed by atoms with Gasteiger partial charge in [0.25, 0.3) is 0 Å². The SMILES string of the molecule is CSc1cccc(N2CC3CCC(C2)O3)c1C(=O)O. The Balaban J connectivity index is 1.98. The van der Waals surface area contributed by atoms with Gasteiger partial charge < -0.3 is 14.7 Å². The summed E-state index contributed by atoms with van der Waals surface area (Å²) in [6.07, 6.45) is 4.61. The van der Waals surface area contributed by atoms with Crippen molar-refractivity contribution in [2.75, 3.05) is 24.2 Å². The van der Waals surface area contributed by atoms with Gasteiger partial charge in [0.15, 0.2) is 0 Å². The van der Waals surface area contributed by atoms with E-state index < -0.39 is 5.97 Å². The monoisotopic (exact) mass is 279 g/mol. The number of hydrogen-bond donors (Lipinski definition) is 1. The van der Waals surface area contributed by atoms with E-state index in [0.717, 1.165) is 36.5 Å². The Morgan fingerprint density at radius 1 is 1.37 bits per heavy atom. The largest absolute Gasteiger partial charge is 0.478 e. The molecule has 19 heavy (non-hydrogen) atoms. The lowest BCUT2D eigenvalue weighted by molar-refractivity contribution is 0.0303. The number of ether oxygens (including phenoxy) is 1. The van der Waals surface area contributed by atoms with E-state index in [4.69, 9.17) is 4.74 Å². The maximum atomic E-state index is 11.6. The van der Waals surface area contributed by atoms with Crippen LogP contribution in [-0.2, 0) is 4.74 Å². The Morgan fingerprint density at radius 2 is 2.05 bits per heavy atom. The number of carboxylic acid groups (broad SMARTS) is 1. The maximum Gasteiger partial charge on any atom is 0.338 e. The highest BCUT2D eigenvalue weighted by molar-refractivity contribution is 7.98. The Kier molecular flexibility index (Phi) is 3.41. The molecule has 0 aliphatic carbocycles. The molecule has 2 fully saturated rings. The smallest absolute Gasteiger partial charge is 0.338 e. The van der Waals surface area contributed by atoms with Crippen LogP contribution in [0.5, 0.6) is 0 Å². The fourth-order valence-electron chi connectivity index (χ4n) is 2.98. The summed E-state index contributed by atoms with van der Waals surface area (Å²) < 4.78 is 5.81. The van der Waals surface area contributed by atoms with E-state index in [0.29, 0.717) is 5.56 Å². The second-order valence-electron chi connectivity index (χ2n) is 5.02. The quantitative estimate of drug-likeness (QED) is 0.861. The summed E-state index contributed by atoms with van der Waals surface area (Å²) >= 11 is 1.48. The van der Waals surface area contributed by atoms with Gasteiger partial charge in [-0.3, -0.25) is 0 Å². The number of benzene rings is 1. The summed E-state index contributed by atoms with van der Waals surface area (Å²) in [4.78, 5) is 14.6. The van der Waals surface area contributed by atoms with Crippen LogP contribution < -0.4 is 4.90 Å². The topological polar surface area (TPSA) is 49.8 Å². The van der Waals surface area contributed by atoms with Gasteiger partial charge in [0.2, 0.25) is 0 Å². The number of hydrogen-bond acceptors (Lipinski definition) is 4. The minimum atomic E-state index is -0.848. The minimum absolute atomic E-state index is 0.262. The van der Waals surface area contributed by atoms with Crippen LogP contribution in [0.25, 0.3) is 0 Å². The highest BCUT2D eigenvalue weighted by atomic mass is 32.2. The number of anilines is 1. The number of morpholine rings is 1. The van der Waals surface area contributed by atoms with Gasteiger partial charge in [-0.05, 0) is 31.2 Å². The van der Waals surface area contributed by atoms with Crippen LogP contribution in [0.2, 0.25) is 0 Å². The highest BCUT2D eigenvalue weighted by Crippen LogP contribution is 2.34. The van der Waals surface area contributed by atoms with Crippen LogP contribution >= 0.6 is 11.8 Å². The first-order chi connectivity index (χ1) is 9.19. The van der Waals surface area contributed by atoms with Gasteiger partial charge >= 0.3 is 5.97 Å². The molecular formula is C14H17NO3S. The molecule has 2 unspecified atom stereocenters. The Labute approximate surface area is 116 Å². The number of fused-ring (bicyclic) bond motifs is 2. The van der Waals surface area contributed by atoms with Crippen LogP contribution in [0, 0.1) is 0 Å². The van der Waals surface area contributed by atoms with Crippen molar-refractivity contribution in [3.05, 3.63) is 23.8 Å². The summed E-state index contributed by atoms with van der Waals surface area (Å²) in [5.41, 5.74) is 1.26. The Morgan fingerprint density at radius 3 is 2.63 bits per heavy atom. The van der Waals surface area contributed by atoms with Gasteiger partial charge in [0.1, 0.15) is 0 Å². The Hall–Kier alpha value is -1.20. The minimum Gasteiger partial charge on any atom is -0.478 e. The molecule has 2 atom stereocenters. The zero-order valence-electron chi connectivity index (χ0n) is 10.8. The van der Waals surface area contributed by atoms with Gasteiger partial charge in [-0.15, -0.1) is 11.8 Å². The van der Waals surface area contributed by atoms with E-state index in [1.165, 1.54) is 11.8 Å². The Bertz CT molecular complexity index is 493. The van der Waals surface area contributed by atoms with Gasteiger partial charge in [-0.25, -0.2) is 4.79 Å². The van der Waals surface area contributed by atoms with Crippen LogP contribution in [0.15, 0.2) is 23.1 Å². The first kappa shape index (κ1) is 12.8. The molecule has 1 aromatic rings. The van der Waals surface area contributed by atoms with Crippen molar-refractivity contribution < 1.29 is 14.6 Å². The van der Waals surface area contributed by atoms with Crippen molar-refractivity contribution in [3.8, 4) is 0 Å². The number of thioether (sulfide) groups is 1. The molecule has 0 saturated carbocycles. The van der Waals surface area contributed by atoms with Crippen molar-refractivity contribution in [2.45, 2.75) is 29.9 Å². The van der Waals surface area contributed by atoms with Gasteiger partial charge in [-0.1, -0.05) is 6.07 Å². The van der Waals surface area contributed by atoms with E-state index in [1.807, 2.05) is 24.5 Å². The van der Waals surface area contributed by atoms with E-state index >= 15 is 0 Å². The molecule has 4 nitrogen and oxygen atoms in total. The second-order valence-corrected chi connectivity index (χ2v) is 5.87. The molecule has 3 rings (SSSR count). The predicted octanol–water partition coefficient (Wildman–Crippen LogP) is 2.47. The van der Waals surface area contributed by atoms with Crippen LogP contribution in [0.4, 0.5) is 5.69 Å². The summed E-state index contributed by atoms with van der Waals surface area (Å²) in [5, 5.41) is 9.48. The van der Waals surface area contributed by atoms with Gasteiger partial charge in [-0.2, -0.15) is 0 Å². The number of rotatable bonds is 3. The molecule has 2 saturated heterocycles. The molecule has 5 heteroatoms. The predicted molar refractivity (Wildman–Crippen MR) is 75.3 cm³/mol. The zero-order chi connectivity index (χ0) is 13.4. The van der Waals surface area contributed by atoms with Crippen LogP contribution in [0.1, 0.15) is 23.2 Å². The van der Waals surface area contributed by atoms with Crippen molar-refractivity contribution >= 4 is 23.4 Å². The van der Waals surface area contributed by atoms with Gasteiger partial charge in [0, 0.05) is 18.0 Å². The summed E-state index contributed by atoms with van der Waals surface area (Å²) in [5.74, 6) is -0.848. The van der Waals surface area contributed by atoms with Crippen LogP contribution in [-0.4, -0.2) is 42.6 Å². The third-order valence-electron chi connectivity index (χ3n) is 3.82. The first-order valence-corrected chi connectivity index (χ1v) is 7.72. The maximum absolute atomic E-state index is 11.6. The van der Waals surface area contributed by atoms with E-state index in [9.17, 15) is 9.90 Å². The summed E-state index contributed by atoms with van der Waals surface area (Å²) in [6.45, 7) is 1.60. The number of carboxylic acids is 1. The highest BCUT2D eigenvalue weighted by Gasteiger charge is 2.35. The van der Waals surface area contributed by atoms with E-state index in [2.05, 4.69) is 4.90 Å². The fourth-order valence-corrected chi connectivity index (χ4v) is 3.59. The van der Waals surface area contributed by atoms with Crippen molar-refractivity contribution in [1.29, 1.82) is 0 Å². The average Bonchev–Trinajstić information content (AvgIpc) is 2.76. The third-order valence-corrected chi connectivity index (χ3v) is 4.60. The molecule has 102 valence electrons. The lowest BCUT2D eigenvalue weighted by atomic mass is 10.1. The van der Waals surface area contributed by atoms with E-state index in [-0.39, 0.29) is 12.2 Å². The van der Waals surface area contributed by atoms with Crippen molar-refractivity contribution in [2.24, 2.45) is 0 Å². The average molecular weight is 279 g/mol. The molecular weight excluding hydrogens is 262 g/mol. The molecule has 2 aliphatic rings. The lowest BCUT2D eigenvalue weighted by Gasteiger charge is -2.34. The zero-order valence-corrected chi connectivity index (χ0v) is 11.7. The third kappa shape index (κ3) is 2.32. The lowest BCUT2D eigenvalue weighted by Crippen LogP contribution is -2.43. The normalized spacial score (nSPS) is 25.6. The molecule has 1 N–H and O–H groups in total. The van der Waals surface area contributed by atoms with Crippen molar-refractivity contribution in [3.63, 3.8) is 0 Å². The summed E-state index contributed by atoms with van der Waals surface area (Å²) in [7, 11) is 0. The van der Waals surface area contributed by atoms with Gasteiger partial charge in [0.05, 0.1) is 23.5 Å². The second kappa shape index (κ2) is 5.06. The molecule has 2 heterocycles. The van der Waals surface area contributed by atoms with Crippen LogP contribution in [0.3, 0.4) is 0 Å². The molecule has 2 aliphatic heterocycles. The summed E-state index contributed by atoms with van der Waals surface area (Å²) in [6, 6.07) is 5.71. The number of aromatic carboxylic acids is 1.